The minimum absolute atomic E-state index is 0.121. The molecule has 1 aromatic heterocycles. The quantitative estimate of drug-likeness (QED) is 0.925. The first-order valence-electron chi connectivity index (χ1n) is 4.55. The second-order valence-corrected chi connectivity index (χ2v) is 5.02. The summed E-state index contributed by atoms with van der Waals surface area (Å²) in [5.41, 5.74) is 0.450. The zero-order chi connectivity index (χ0) is 11.3. The number of rotatable bonds is 4. The van der Waals surface area contributed by atoms with E-state index < -0.39 is 0 Å². The Morgan fingerprint density at radius 3 is 2.93 bits per heavy atom. The van der Waals surface area contributed by atoms with Crippen LogP contribution >= 0.6 is 27.7 Å². The summed E-state index contributed by atoms with van der Waals surface area (Å²) in [6.45, 7) is 1.98. The van der Waals surface area contributed by atoms with Crippen LogP contribution in [0.3, 0.4) is 0 Å². The average Bonchev–Trinajstić information content (AvgIpc) is 2.18. The van der Waals surface area contributed by atoms with Gasteiger partial charge in [0.25, 0.3) is 5.91 Å². The van der Waals surface area contributed by atoms with Gasteiger partial charge in [0.05, 0.1) is 0 Å². The summed E-state index contributed by atoms with van der Waals surface area (Å²) in [5, 5.41) is 2.88. The molecule has 0 aliphatic heterocycles. The lowest BCUT2D eigenvalue weighted by Gasteiger charge is -2.11. The molecule has 0 spiro atoms. The highest BCUT2D eigenvalue weighted by molar-refractivity contribution is 9.10. The molecule has 1 amide bonds. The maximum absolute atomic E-state index is 11.6. The van der Waals surface area contributed by atoms with Gasteiger partial charge < -0.3 is 5.32 Å². The molecule has 3 nitrogen and oxygen atoms in total. The third kappa shape index (κ3) is 4.22. The first-order valence-corrected chi connectivity index (χ1v) is 6.73. The largest absolute Gasteiger partial charge is 0.347 e. The number of hydrogen-bond acceptors (Lipinski definition) is 3. The minimum atomic E-state index is -0.121. The molecule has 1 unspecified atom stereocenters. The second kappa shape index (κ2) is 6.12. The fourth-order valence-electron chi connectivity index (χ4n) is 1.10. The number of hydrogen-bond donors (Lipinski definition) is 1. The number of carbonyl (C=O) groups excluding carboxylic acids is 1. The van der Waals surface area contributed by atoms with E-state index in [2.05, 4.69) is 26.2 Å². The van der Waals surface area contributed by atoms with Crippen molar-refractivity contribution in [2.75, 3.05) is 12.0 Å². The van der Waals surface area contributed by atoms with Crippen molar-refractivity contribution >= 4 is 33.6 Å². The van der Waals surface area contributed by atoms with Crippen molar-refractivity contribution in [3.63, 3.8) is 0 Å². The van der Waals surface area contributed by atoms with Gasteiger partial charge in [0.2, 0.25) is 0 Å². The summed E-state index contributed by atoms with van der Waals surface area (Å²) in [7, 11) is 0. The number of carbonyl (C=O) groups is 1. The zero-order valence-corrected chi connectivity index (χ0v) is 11.1. The van der Waals surface area contributed by atoms with Crippen LogP contribution in [0, 0.1) is 0 Å². The van der Waals surface area contributed by atoms with E-state index in [1.807, 2.05) is 13.2 Å². The molecule has 15 heavy (non-hydrogen) atoms. The van der Waals surface area contributed by atoms with Crippen LogP contribution in [0.15, 0.2) is 22.8 Å². The first kappa shape index (κ1) is 12.5. The molecule has 1 heterocycles. The van der Waals surface area contributed by atoms with Gasteiger partial charge >= 0.3 is 0 Å². The highest BCUT2D eigenvalue weighted by atomic mass is 79.9. The molecule has 0 radical (unpaired) electrons. The lowest BCUT2D eigenvalue weighted by atomic mass is 10.3. The van der Waals surface area contributed by atoms with Crippen LogP contribution in [-0.2, 0) is 0 Å². The average molecular weight is 289 g/mol. The fraction of sp³-hybridized carbons (Fsp3) is 0.400. The van der Waals surface area contributed by atoms with Crippen LogP contribution in [-0.4, -0.2) is 28.9 Å². The van der Waals surface area contributed by atoms with Gasteiger partial charge in [-0.05, 0) is 41.2 Å². The van der Waals surface area contributed by atoms with Crippen molar-refractivity contribution in [2.24, 2.45) is 0 Å². The van der Waals surface area contributed by atoms with Gasteiger partial charge in [-0.2, -0.15) is 11.8 Å². The topological polar surface area (TPSA) is 42.0 Å². The Kier molecular flexibility index (Phi) is 5.11. The Labute approximate surface area is 102 Å². The van der Waals surface area contributed by atoms with Crippen molar-refractivity contribution in [3.05, 3.63) is 28.5 Å². The SMILES string of the molecule is CSCC(C)NC(=O)c1ccc(Br)cn1. The van der Waals surface area contributed by atoms with Gasteiger partial charge in [-0.3, -0.25) is 4.79 Å². The van der Waals surface area contributed by atoms with E-state index in [1.165, 1.54) is 0 Å². The van der Waals surface area contributed by atoms with Crippen molar-refractivity contribution in [2.45, 2.75) is 13.0 Å². The van der Waals surface area contributed by atoms with Crippen LogP contribution in [0.4, 0.5) is 0 Å². The van der Waals surface area contributed by atoms with E-state index in [1.54, 1.807) is 30.1 Å². The third-order valence-electron chi connectivity index (χ3n) is 1.75. The van der Waals surface area contributed by atoms with Gasteiger partial charge in [-0.1, -0.05) is 0 Å². The van der Waals surface area contributed by atoms with Gasteiger partial charge in [0.1, 0.15) is 5.69 Å². The Hall–Kier alpha value is -0.550. The van der Waals surface area contributed by atoms with E-state index in [9.17, 15) is 4.79 Å². The van der Waals surface area contributed by atoms with E-state index in [0.29, 0.717) is 5.69 Å². The summed E-state index contributed by atoms with van der Waals surface area (Å²) in [5.74, 6) is 0.784. The molecule has 0 bridgehead atoms. The second-order valence-electron chi connectivity index (χ2n) is 3.19. The summed E-state index contributed by atoms with van der Waals surface area (Å²) in [6.07, 6.45) is 3.63. The molecule has 0 aliphatic rings. The highest BCUT2D eigenvalue weighted by Crippen LogP contribution is 2.07. The molecule has 5 heteroatoms. The van der Waals surface area contributed by atoms with Crippen molar-refractivity contribution in [1.29, 1.82) is 0 Å². The van der Waals surface area contributed by atoms with Crippen molar-refractivity contribution in [3.8, 4) is 0 Å². The number of pyridine rings is 1. The van der Waals surface area contributed by atoms with Gasteiger partial charge in [-0.25, -0.2) is 4.98 Å². The van der Waals surface area contributed by atoms with Crippen LogP contribution in [0.25, 0.3) is 0 Å². The number of aromatic nitrogens is 1. The van der Waals surface area contributed by atoms with Crippen molar-refractivity contribution < 1.29 is 4.79 Å². The number of nitrogens with one attached hydrogen (secondary N) is 1. The molecule has 82 valence electrons. The summed E-state index contributed by atoms with van der Waals surface area (Å²) >= 11 is 4.98. The number of nitrogens with zero attached hydrogens (tertiary/aromatic N) is 1. The number of thioether (sulfide) groups is 1. The molecule has 0 saturated heterocycles. The smallest absolute Gasteiger partial charge is 0.270 e. The lowest BCUT2D eigenvalue weighted by molar-refractivity contribution is 0.0939. The van der Waals surface area contributed by atoms with Crippen LogP contribution in [0.2, 0.25) is 0 Å². The summed E-state index contributed by atoms with van der Waals surface area (Å²) in [6, 6.07) is 3.67. The molecule has 1 aromatic rings. The van der Waals surface area contributed by atoms with Crippen LogP contribution in [0.5, 0.6) is 0 Å². The van der Waals surface area contributed by atoms with Gasteiger partial charge in [0.15, 0.2) is 0 Å². The molecule has 1 atom stereocenters. The maximum Gasteiger partial charge on any atom is 0.270 e. The van der Waals surface area contributed by atoms with E-state index in [0.717, 1.165) is 10.2 Å². The summed E-state index contributed by atoms with van der Waals surface area (Å²) in [4.78, 5) is 15.7. The van der Waals surface area contributed by atoms with E-state index in [-0.39, 0.29) is 11.9 Å². The number of amides is 1. The van der Waals surface area contributed by atoms with Crippen LogP contribution in [0.1, 0.15) is 17.4 Å². The molecule has 0 aliphatic carbocycles. The Morgan fingerprint density at radius 1 is 1.67 bits per heavy atom. The Morgan fingerprint density at radius 2 is 2.40 bits per heavy atom. The fourth-order valence-corrected chi connectivity index (χ4v) is 1.92. The molecule has 0 aromatic carbocycles. The molecule has 1 N–H and O–H groups in total. The van der Waals surface area contributed by atoms with E-state index >= 15 is 0 Å². The third-order valence-corrected chi connectivity index (χ3v) is 3.06. The first-order chi connectivity index (χ1) is 7.13. The van der Waals surface area contributed by atoms with Crippen molar-refractivity contribution in [1.82, 2.24) is 10.3 Å². The monoisotopic (exact) mass is 288 g/mol. The highest BCUT2D eigenvalue weighted by Gasteiger charge is 2.09. The molecule has 0 fully saturated rings. The predicted octanol–water partition coefficient (Wildman–Crippen LogP) is 2.33. The normalized spacial score (nSPS) is 12.2. The number of halogens is 1. The minimum Gasteiger partial charge on any atom is -0.347 e. The Balaban J connectivity index is 2.57. The molecular formula is C10H13BrN2OS. The zero-order valence-electron chi connectivity index (χ0n) is 8.66. The predicted molar refractivity (Wildman–Crippen MR) is 67.2 cm³/mol. The maximum atomic E-state index is 11.6. The molecule has 0 saturated carbocycles. The van der Waals surface area contributed by atoms with Gasteiger partial charge in [0, 0.05) is 22.5 Å². The van der Waals surface area contributed by atoms with Gasteiger partial charge in [-0.15, -0.1) is 0 Å². The molecule has 1 rings (SSSR count). The standard InChI is InChI=1S/C10H13BrN2OS/c1-7(6-15-2)13-10(14)9-4-3-8(11)5-12-9/h3-5,7H,6H2,1-2H3,(H,13,14). The van der Waals surface area contributed by atoms with Crippen LogP contribution < -0.4 is 5.32 Å². The summed E-state index contributed by atoms with van der Waals surface area (Å²) < 4.78 is 0.871. The molecular weight excluding hydrogens is 276 g/mol. The Bertz CT molecular complexity index is 329. The van der Waals surface area contributed by atoms with E-state index in [4.69, 9.17) is 0 Å². The lowest BCUT2D eigenvalue weighted by Crippen LogP contribution is -2.34.